The summed E-state index contributed by atoms with van der Waals surface area (Å²) in [5.74, 6) is 0.903. The van der Waals surface area contributed by atoms with E-state index >= 15 is 0 Å². The minimum absolute atomic E-state index is 0.520. The molecule has 110 valence electrons. The molecule has 0 unspecified atom stereocenters. The standard InChI is InChI=1S/C15H29N3O/c1-17-7-2-14(3-8-17)15(12-19-13-15)4-9-18-10-5-16-6-11-18/h14,16H,2-13H2,1H3. The van der Waals surface area contributed by atoms with Crippen LogP contribution in [0.4, 0.5) is 0 Å². The lowest BCUT2D eigenvalue weighted by molar-refractivity contribution is -0.161. The Bertz CT molecular complexity index is 279. The highest BCUT2D eigenvalue weighted by atomic mass is 16.5. The molecule has 0 aliphatic carbocycles. The molecule has 3 rings (SSSR count). The van der Waals surface area contributed by atoms with E-state index in [2.05, 4.69) is 22.2 Å². The average molecular weight is 267 g/mol. The third-order valence-corrected chi connectivity index (χ3v) is 5.50. The molecule has 3 aliphatic rings. The number of likely N-dealkylation sites (tertiary alicyclic amines) is 1. The smallest absolute Gasteiger partial charge is 0.0547 e. The first-order valence-electron chi connectivity index (χ1n) is 7.98. The maximum absolute atomic E-state index is 5.61. The van der Waals surface area contributed by atoms with Gasteiger partial charge < -0.3 is 19.9 Å². The minimum atomic E-state index is 0.520. The van der Waals surface area contributed by atoms with Gasteiger partial charge in [-0.25, -0.2) is 0 Å². The Labute approximate surface area is 117 Å². The van der Waals surface area contributed by atoms with Gasteiger partial charge in [0.15, 0.2) is 0 Å². The molecule has 0 aromatic carbocycles. The van der Waals surface area contributed by atoms with Crippen molar-refractivity contribution >= 4 is 0 Å². The molecule has 3 heterocycles. The molecule has 3 saturated heterocycles. The van der Waals surface area contributed by atoms with Crippen LogP contribution in [-0.4, -0.2) is 75.9 Å². The van der Waals surface area contributed by atoms with Gasteiger partial charge in [0.25, 0.3) is 0 Å². The van der Waals surface area contributed by atoms with Crippen LogP contribution in [0.2, 0.25) is 0 Å². The monoisotopic (exact) mass is 267 g/mol. The number of rotatable bonds is 4. The Balaban J connectivity index is 1.51. The molecule has 19 heavy (non-hydrogen) atoms. The van der Waals surface area contributed by atoms with Crippen LogP contribution < -0.4 is 5.32 Å². The van der Waals surface area contributed by atoms with Crippen LogP contribution in [0.1, 0.15) is 19.3 Å². The molecule has 0 bridgehead atoms. The third-order valence-electron chi connectivity index (χ3n) is 5.50. The Morgan fingerprint density at radius 1 is 1.11 bits per heavy atom. The van der Waals surface area contributed by atoms with E-state index in [0.717, 1.165) is 32.2 Å². The highest BCUT2D eigenvalue weighted by molar-refractivity contribution is 4.94. The zero-order valence-electron chi connectivity index (χ0n) is 12.4. The Morgan fingerprint density at radius 3 is 2.37 bits per heavy atom. The van der Waals surface area contributed by atoms with Crippen molar-refractivity contribution in [3.05, 3.63) is 0 Å². The van der Waals surface area contributed by atoms with Crippen LogP contribution in [0.5, 0.6) is 0 Å². The molecule has 1 N–H and O–H groups in total. The number of hydrogen-bond donors (Lipinski definition) is 1. The van der Waals surface area contributed by atoms with E-state index in [1.807, 2.05) is 0 Å². The third kappa shape index (κ3) is 3.13. The van der Waals surface area contributed by atoms with Gasteiger partial charge in [-0.15, -0.1) is 0 Å². The van der Waals surface area contributed by atoms with Gasteiger partial charge in [0.1, 0.15) is 0 Å². The van der Waals surface area contributed by atoms with E-state index in [9.17, 15) is 0 Å². The normalized spacial score (nSPS) is 30.2. The summed E-state index contributed by atoms with van der Waals surface area (Å²) in [6, 6.07) is 0. The second-order valence-corrected chi connectivity index (χ2v) is 6.77. The maximum Gasteiger partial charge on any atom is 0.0547 e. The Morgan fingerprint density at radius 2 is 1.79 bits per heavy atom. The molecule has 4 heteroatoms. The predicted molar refractivity (Wildman–Crippen MR) is 77.4 cm³/mol. The molecule has 0 amide bonds. The largest absolute Gasteiger partial charge is 0.380 e. The van der Waals surface area contributed by atoms with Crippen LogP contribution in [-0.2, 0) is 4.74 Å². The van der Waals surface area contributed by atoms with Gasteiger partial charge in [0.2, 0.25) is 0 Å². The summed E-state index contributed by atoms with van der Waals surface area (Å²) >= 11 is 0. The fourth-order valence-electron chi connectivity index (χ4n) is 3.88. The van der Waals surface area contributed by atoms with E-state index in [1.165, 1.54) is 52.0 Å². The second-order valence-electron chi connectivity index (χ2n) is 6.77. The van der Waals surface area contributed by atoms with E-state index in [0.29, 0.717) is 5.41 Å². The predicted octanol–water partition coefficient (Wildman–Crippen LogP) is 0.640. The molecule has 0 saturated carbocycles. The fourth-order valence-corrected chi connectivity index (χ4v) is 3.88. The number of nitrogens with zero attached hydrogens (tertiary/aromatic N) is 2. The van der Waals surface area contributed by atoms with Crippen molar-refractivity contribution in [3.63, 3.8) is 0 Å². The number of hydrogen-bond acceptors (Lipinski definition) is 4. The van der Waals surface area contributed by atoms with E-state index in [-0.39, 0.29) is 0 Å². The summed E-state index contributed by atoms with van der Waals surface area (Å²) in [5.41, 5.74) is 0.520. The van der Waals surface area contributed by atoms with Crippen molar-refractivity contribution < 1.29 is 4.74 Å². The zero-order valence-corrected chi connectivity index (χ0v) is 12.4. The second kappa shape index (κ2) is 6.08. The van der Waals surface area contributed by atoms with Crippen molar-refractivity contribution in [1.82, 2.24) is 15.1 Å². The molecular weight excluding hydrogens is 238 g/mol. The first-order chi connectivity index (χ1) is 9.28. The van der Waals surface area contributed by atoms with E-state index < -0.39 is 0 Å². The van der Waals surface area contributed by atoms with Gasteiger partial charge >= 0.3 is 0 Å². The molecule has 0 aromatic heterocycles. The highest BCUT2D eigenvalue weighted by Gasteiger charge is 2.45. The molecule has 3 fully saturated rings. The van der Waals surface area contributed by atoms with E-state index in [4.69, 9.17) is 4.74 Å². The van der Waals surface area contributed by atoms with Gasteiger partial charge in [-0.2, -0.15) is 0 Å². The number of piperazine rings is 1. The molecule has 0 spiro atoms. The summed E-state index contributed by atoms with van der Waals surface area (Å²) in [4.78, 5) is 5.10. The van der Waals surface area contributed by atoms with Crippen molar-refractivity contribution in [3.8, 4) is 0 Å². The molecule has 4 nitrogen and oxygen atoms in total. The molecule has 0 aromatic rings. The number of piperidine rings is 1. The molecular formula is C15H29N3O. The molecule has 3 aliphatic heterocycles. The van der Waals surface area contributed by atoms with Crippen molar-refractivity contribution in [2.75, 3.05) is 66.1 Å². The molecule has 0 radical (unpaired) electrons. The SMILES string of the molecule is CN1CCC(C2(CCN3CCNCC3)COC2)CC1. The van der Waals surface area contributed by atoms with Crippen LogP contribution in [0.25, 0.3) is 0 Å². The summed E-state index contributed by atoms with van der Waals surface area (Å²) in [5, 5.41) is 3.44. The lowest BCUT2D eigenvalue weighted by Gasteiger charge is -2.50. The van der Waals surface area contributed by atoms with Crippen LogP contribution in [0, 0.1) is 11.3 Å². The van der Waals surface area contributed by atoms with Gasteiger partial charge in [-0.05, 0) is 51.9 Å². The first kappa shape index (κ1) is 13.8. The lowest BCUT2D eigenvalue weighted by atomic mass is 9.67. The van der Waals surface area contributed by atoms with Crippen LogP contribution in [0.15, 0.2) is 0 Å². The number of nitrogens with one attached hydrogen (secondary N) is 1. The maximum atomic E-state index is 5.61. The fraction of sp³-hybridized carbons (Fsp3) is 1.00. The minimum Gasteiger partial charge on any atom is -0.380 e. The Kier molecular flexibility index (Phi) is 4.42. The highest BCUT2D eigenvalue weighted by Crippen LogP contribution is 2.44. The van der Waals surface area contributed by atoms with Gasteiger partial charge in [0.05, 0.1) is 13.2 Å². The van der Waals surface area contributed by atoms with Gasteiger partial charge in [0, 0.05) is 31.6 Å². The summed E-state index contributed by atoms with van der Waals surface area (Å²) in [6.07, 6.45) is 4.10. The summed E-state index contributed by atoms with van der Waals surface area (Å²) in [7, 11) is 2.25. The van der Waals surface area contributed by atoms with Crippen LogP contribution in [0.3, 0.4) is 0 Å². The van der Waals surface area contributed by atoms with Crippen molar-refractivity contribution in [1.29, 1.82) is 0 Å². The zero-order chi connectivity index (χ0) is 13.1. The van der Waals surface area contributed by atoms with Crippen molar-refractivity contribution in [2.24, 2.45) is 11.3 Å². The average Bonchev–Trinajstić information content (AvgIpc) is 2.41. The van der Waals surface area contributed by atoms with Crippen LogP contribution >= 0.6 is 0 Å². The first-order valence-corrected chi connectivity index (χ1v) is 7.98. The van der Waals surface area contributed by atoms with Gasteiger partial charge in [-0.3, -0.25) is 0 Å². The lowest BCUT2D eigenvalue weighted by Crippen LogP contribution is -2.53. The van der Waals surface area contributed by atoms with E-state index in [1.54, 1.807) is 0 Å². The Hall–Kier alpha value is -0.160. The quantitative estimate of drug-likeness (QED) is 0.809. The number of ether oxygens (including phenoxy) is 1. The topological polar surface area (TPSA) is 27.7 Å². The molecule has 0 atom stereocenters. The van der Waals surface area contributed by atoms with Gasteiger partial charge in [-0.1, -0.05) is 0 Å². The summed E-state index contributed by atoms with van der Waals surface area (Å²) in [6.45, 7) is 10.7. The summed E-state index contributed by atoms with van der Waals surface area (Å²) < 4.78 is 5.61. The van der Waals surface area contributed by atoms with Crippen molar-refractivity contribution in [2.45, 2.75) is 19.3 Å².